The van der Waals surface area contributed by atoms with E-state index in [2.05, 4.69) is 17.3 Å². The first-order valence-corrected chi connectivity index (χ1v) is 7.75. The van der Waals surface area contributed by atoms with E-state index in [-0.39, 0.29) is 5.91 Å². The van der Waals surface area contributed by atoms with Gasteiger partial charge in [0.15, 0.2) is 0 Å². The smallest absolute Gasteiger partial charge is 0.233 e. The molecule has 0 aromatic rings. The highest BCUT2D eigenvalue weighted by Crippen LogP contribution is 2.38. The maximum absolute atomic E-state index is 12.5. The Morgan fingerprint density at radius 3 is 2.63 bits per heavy atom. The fourth-order valence-corrected chi connectivity index (χ4v) is 3.64. The zero-order chi connectivity index (χ0) is 13.9. The molecule has 1 aliphatic carbocycles. The Bertz CT molecular complexity index is 353. The van der Waals surface area contributed by atoms with Gasteiger partial charge in [0.1, 0.15) is 0 Å². The Balaban J connectivity index is 1.91. The van der Waals surface area contributed by atoms with Crippen molar-refractivity contribution in [2.24, 2.45) is 11.1 Å². The molecule has 0 aromatic heterocycles. The lowest BCUT2D eigenvalue weighted by molar-refractivity contribution is -0.127. The molecular weight excluding hydrogens is 258 g/mol. The number of thiocarbonyl (C=S) groups is 1. The van der Waals surface area contributed by atoms with E-state index >= 15 is 0 Å². The number of hydrogen-bond acceptors (Lipinski definition) is 3. The van der Waals surface area contributed by atoms with E-state index in [0.29, 0.717) is 11.0 Å². The highest BCUT2D eigenvalue weighted by atomic mass is 32.1. The van der Waals surface area contributed by atoms with Gasteiger partial charge in [-0.15, -0.1) is 0 Å². The van der Waals surface area contributed by atoms with Crippen LogP contribution in [0.3, 0.4) is 0 Å². The summed E-state index contributed by atoms with van der Waals surface area (Å²) in [5.41, 5.74) is 5.26. The molecule has 0 aromatic carbocycles. The van der Waals surface area contributed by atoms with Crippen LogP contribution in [0.15, 0.2) is 0 Å². The Labute approximate surface area is 121 Å². The fourth-order valence-electron chi connectivity index (χ4n) is 3.35. The number of likely N-dealkylation sites (tertiary alicyclic amines) is 1. The molecule has 0 spiro atoms. The molecule has 1 amide bonds. The predicted octanol–water partition coefficient (Wildman–Crippen LogP) is 1.43. The lowest BCUT2D eigenvalue weighted by Crippen LogP contribution is -2.51. The number of amides is 1. The van der Waals surface area contributed by atoms with Crippen molar-refractivity contribution in [1.82, 2.24) is 10.2 Å². The third-order valence-electron chi connectivity index (χ3n) is 4.78. The fraction of sp³-hybridized carbons (Fsp3) is 0.857. The van der Waals surface area contributed by atoms with Crippen molar-refractivity contribution in [3.63, 3.8) is 0 Å². The van der Waals surface area contributed by atoms with Crippen molar-refractivity contribution in [3.05, 3.63) is 0 Å². The summed E-state index contributed by atoms with van der Waals surface area (Å²) < 4.78 is 0. The second-order valence-corrected chi connectivity index (χ2v) is 6.43. The lowest BCUT2D eigenvalue weighted by Gasteiger charge is -2.34. The highest BCUT2D eigenvalue weighted by Gasteiger charge is 2.43. The molecule has 19 heavy (non-hydrogen) atoms. The Hall–Kier alpha value is -0.680. The molecule has 1 saturated heterocycles. The van der Waals surface area contributed by atoms with Crippen LogP contribution in [0.25, 0.3) is 0 Å². The van der Waals surface area contributed by atoms with Gasteiger partial charge in [-0.3, -0.25) is 4.79 Å². The van der Waals surface area contributed by atoms with E-state index < -0.39 is 5.41 Å². The topological polar surface area (TPSA) is 58.4 Å². The predicted molar refractivity (Wildman–Crippen MR) is 81.0 cm³/mol. The molecule has 4 nitrogen and oxygen atoms in total. The SMILES string of the molecule is CN1CCCCC1CNC(=O)C1(C(N)=S)CCCC1. The van der Waals surface area contributed by atoms with Crippen LogP contribution in [0.4, 0.5) is 0 Å². The summed E-state index contributed by atoms with van der Waals surface area (Å²) in [5.74, 6) is 0.0523. The largest absolute Gasteiger partial charge is 0.392 e. The van der Waals surface area contributed by atoms with Gasteiger partial charge in [-0.1, -0.05) is 31.5 Å². The summed E-state index contributed by atoms with van der Waals surface area (Å²) in [6.45, 7) is 1.85. The molecular formula is C14H25N3OS. The normalized spacial score (nSPS) is 27.1. The lowest BCUT2D eigenvalue weighted by atomic mass is 9.85. The zero-order valence-electron chi connectivity index (χ0n) is 11.8. The number of piperidine rings is 1. The van der Waals surface area contributed by atoms with E-state index in [1.54, 1.807) is 0 Å². The van der Waals surface area contributed by atoms with E-state index in [4.69, 9.17) is 18.0 Å². The van der Waals surface area contributed by atoms with Crippen LogP contribution in [0.1, 0.15) is 44.9 Å². The summed E-state index contributed by atoms with van der Waals surface area (Å²) in [7, 11) is 2.13. The summed E-state index contributed by atoms with van der Waals surface area (Å²) in [5, 5.41) is 3.10. The average Bonchev–Trinajstić information content (AvgIpc) is 2.88. The van der Waals surface area contributed by atoms with E-state index in [1.807, 2.05) is 0 Å². The number of likely N-dealkylation sites (N-methyl/N-ethyl adjacent to an activating group) is 1. The summed E-state index contributed by atoms with van der Waals surface area (Å²) in [6, 6.07) is 0.461. The van der Waals surface area contributed by atoms with Crippen molar-refractivity contribution >= 4 is 23.1 Å². The molecule has 1 heterocycles. The molecule has 0 radical (unpaired) electrons. The molecule has 3 N–H and O–H groups in total. The molecule has 2 rings (SSSR count). The van der Waals surface area contributed by atoms with Crippen molar-refractivity contribution in [3.8, 4) is 0 Å². The second-order valence-electron chi connectivity index (χ2n) is 5.99. The maximum atomic E-state index is 12.5. The quantitative estimate of drug-likeness (QED) is 0.767. The minimum Gasteiger partial charge on any atom is -0.392 e. The van der Waals surface area contributed by atoms with Gasteiger partial charge >= 0.3 is 0 Å². The van der Waals surface area contributed by atoms with Crippen LogP contribution in [0.2, 0.25) is 0 Å². The Morgan fingerprint density at radius 1 is 1.37 bits per heavy atom. The third-order valence-corrected chi connectivity index (χ3v) is 5.17. The summed E-state index contributed by atoms with van der Waals surface area (Å²) in [4.78, 5) is 15.2. The minimum atomic E-state index is -0.567. The van der Waals surface area contributed by atoms with Gasteiger partial charge in [-0.25, -0.2) is 0 Å². The van der Waals surface area contributed by atoms with Gasteiger partial charge in [0, 0.05) is 12.6 Å². The van der Waals surface area contributed by atoms with Gasteiger partial charge in [-0.05, 0) is 39.3 Å². The zero-order valence-corrected chi connectivity index (χ0v) is 12.6. The van der Waals surface area contributed by atoms with Crippen molar-refractivity contribution < 1.29 is 4.79 Å². The molecule has 1 saturated carbocycles. The number of rotatable bonds is 4. The van der Waals surface area contributed by atoms with E-state index in [1.165, 1.54) is 12.8 Å². The van der Waals surface area contributed by atoms with Gasteiger partial charge in [0.2, 0.25) is 5.91 Å². The number of nitrogens with one attached hydrogen (secondary N) is 1. The molecule has 2 fully saturated rings. The standard InChI is InChI=1S/C14H25N3OS/c1-17-9-5-2-6-11(17)10-16-13(18)14(12(15)19)7-3-4-8-14/h11H,2-10H2,1H3,(H2,15,19)(H,16,18). The molecule has 1 atom stereocenters. The van der Waals surface area contributed by atoms with Crippen LogP contribution < -0.4 is 11.1 Å². The maximum Gasteiger partial charge on any atom is 0.233 e. The van der Waals surface area contributed by atoms with Crippen LogP contribution in [0, 0.1) is 5.41 Å². The number of carbonyl (C=O) groups is 1. The average molecular weight is 283 g/mol. The number of nitrogens with two attached hydrogens (primary N) is 1. The van der Waals surface area contributed by atoms with Gasteiger partial charge in [-0.2, -0.15) is 0 Å². The number of hydrogen-bond donors (Lipinski definition) is 2. The first-order valence-electron chi connectivity index (χ1n) is 7.35. The van der Waals surface area contributed by atoms with Gasteiger partial charge in [0.05, 0.1) is 10.4 Å². The van der Waals surface area contributed by atoms with Crippen molar-refractivity contribution in [2.45, 2.75) is 51.0 Å². The van der Waals surface area contributed by atoms with Crippen molar-refractivity contribution in [1.29, 1.82) is 0 Å². The van der Waals surface area contributed by atoms with Crippen LogP contribution in [-0.2, 0) is 4.79 Å². The number of carbonyl (C=O) groups excluding carboxylic acids is 1. The van der Waals surface area contributed by atoms with Crippen LogP contribution in [0.5, 0.6) is 0 Å². The van der Waals surface area contributed by atoms with Gasteiger partial charge < -0.3 is 16.0 Å². The number of nitrogens with zero attached hydrogens (tertiary/aromatic N) is 1. The monoisotopic (exact) mass is 283 g/mol. The van der Waals surface area contributed by atoms with Crippen molar-refractivity contribution in [2.75, 3.05) is 20.1 Å². The van der Waals surface area contributed by atoms with E-state index in [0.717, 1.165) is 45.2 Å². The Kier molecular flexibility index (Phi) is 4.79. The highest BCUT2D eigenvalue weighted by molar-refractivity contribution is 7.80. The first kappa shape index (κ1) is 14.7. The summed E-state index contributed by atoms with van der Waals surface area (Å²) in [6.07, 6.45) is 7.41. The van der Waals surface area contributed by atoms with E-state index in [9.17, 15) is 4.79 Å². The molecule has 1 unspecified atom stereocenters. The minimum absolute atomic E-state index is 0.0523. The molecule has 1 aliphatic heterocycles. The molecule has 108 valence electrons. The molecule has 2 aliphatic rings. The van der Waals surface area contributed by atoms with Crippen LogP contribution >= 0.6 is 12.2 Å². The first-order chi connectivity index (χ1) is 9.06. The summed E-state index contributed by atoms with van der Waals surface area (Å²) >= 11 is 5.14. The second kappa shape index (κ2) is 6.18. The van der Waals surface area contributed by atoms with Crippen LogP contribution in [-0.4, -0.2) is 42.0 Å². The van der Waals surface area contributed by atoms with Gasteiger partial charge in [0.25, 0.3) is 0 Å². The molecule has 5 heteroatoms. The third kappa shape index (κ3) is 3.08. The molecule has 0 bridgehead atoms. The Morgan fingerprint density at radius 2 is 2.05 bits per heavy atom.